The molecule has 0 spiro atoms. The minimum Gasteiger partial charge on any atom is -0.496 e. The molecule has 1 unspecified atom stereocenters. The fraction of sp³-hybridized carbons (Fsp3) is 0.267. The van der Waals surface area contributed by atoms with E-state index in [0.717, 1.165) is 5.56 Å². The highest BCUT2D eigenvalue weighted by molar-refractivity contribution is 6.62. The summed E-state index contributed by atoms with van der Waals surface area (Å²) < 4.78 is 15.8. The molecule has 5 rings (SSSR count). The highest BCUT2D eigenvalue weighted by Gasteiger charge is 2.34. The minimum absolute atomic E-state index is 0.133. The zero-order valence-electron chi connectivity index (χ0n) is 24.5. The summed E-state index contributed by atoms with van der Waals surface area (Å²) in [5.41, 5.74) is 3.06. The van der Waals surface area contributed by atoms with Crippen molar-refractivity contribution in [3.05, 3.63) is 88.5 Å². The average Bonchev–Trinajstić information content (AvgIpc) is 3.59. The molecule has 45 heavy (non-hydrogen) atoms. The fourth-order valence-corrected chi connectivity index (χ4v) is 5.36. The molecule has 2 aliphatic heterocycles. The predicted octanol–water partition coefficient (Wildman–Crippen LogP) is -0.620. The Morgan fingerprint density at radius 2 is 1.40 bits per heavy atom. The minimum atomic E-state index is -1.38. The molecule has 2 heterocycles. The van der Waals surface area contributed by atoms with E-state index < -0.39 is 62.5 Å². The summed E-state index contributed by atoms with van der Waals surface area (Å²) in [5.74, 6) is -2.86. The van der Waals surface area contributed by atoms with Gasteiger partial charge in [-0.2, -0.15) is 0 Å². The van der Waals surface area contributed by atoms with Gasteiger partial charge in [0.25, 0.3) is 11.8 Å². The second-order valence-electron chi connectivity index (χ2n) is 10.8. The van der Waals surface area contributed by atoms with Crippen LogP contribution in [0.1, 0.15) is 56.8 Å². The first-order chi connectivity index (χ1) is 21.5. The molecule has 232 valence electrons. The van der Waals surface area contributed by atoms with E-state index in [4.69, 9.17) is 14.0 Å². The van der Waals surface area contributed by atoms with E-state index in [1.54, 1.807) is 42.5 Å². The number of ether oxygens (including phenoxy) is 1. The molecular weight excluding hydrogens is 584 g/mol. The maximum Gasteiger partial charge on any atom is 0.491 e. The predicted molar refractivity (Wildman–Crippen MR) is 162 cm³/mol. The van der Waals surface area contributed by atoms with Crippen molar-refractivity contribution in [2.45, 2.75) is 44.7 Å². The van der Waals surface area contributed by atoms with Crippen LogP contribution in [0.25, 0.3) is 0 Å². The van der Waals surface area contributed by atoms with Crippen molar-refractivity contribution in [3.8, 4) is 5.75 Å². The number of carbonyl (C=O) groups is 4. The maximum absolute atomic E-state index is 13.8. The van der Waals surface area contributed by atoms with Gasteiger partial charge in [-0.1, -0.05) is 30.3 Å². The van der Waals surface area contributed by atoms with E-state index in [2.05, 4.69) is 16.0 Å². The van der Waals surface area contributed by atoms with Crippen molar-refractivity contribution in [2.24, 2.45) is 0 Å². The third-order valence-corrected chi connectivity index (χ3v) is 7.78. The summed E-state index contributed by atoms with van der Waals surface area (Å²) in [6.45, 7) is 1.91. The van der Waals surface area contributed by atoms with E-state index in [-0.39, 0.29) is 24.3 Å². The van der Waals surface area contributed by atoms with Crippen LogP contribution in [-0.4, -0.2) is 72.3 Å². The summed E-state index contributed by atoms with van der Waals surface area (Å²) in [7, 11) is -0.943. The highest BCUT2D eigenvalue weighted by Crippen LogP contribution is 2.27. The molecule has 3 amide bonds. The van der Waals surface area contributed by atoms with Gasteiger partial charge in [-0.05, 0) is 59.3 Å². The third kappa shape index (κ3) is 7.02. The van der Waals surface area contributed by atoms with Gasteiger partial charge < -0.3 is 45.2 Å². The number of hydrogen-bond acceptors (Lipinski definition) is 9. The molecule has 0 fully saturated rings. The first kappa shape index (κ1) is 31.7. The molecule has 0 aliphatic carbocycles. The number of nitrogens with one attached hydrogen (secondary N) is 3. The average molecular weight is 615 g/mol. The number of aliphatic carboxylic acids is 1. The number of amides is 3. The summed E-state index contributed by atoms with van der Waals surface area (Å²) >= 11 is 0. The van der Waals surface area contributed by atoms with Crippen LogP contribution in [-0.2, 0) is 32.1 Å². The van der Waals surface area contributed by atoms with Gasteiger partial charge >= 0.3 is 20.2 Å². The topological polar surface area (TPSA) is 193 Å². The lowest BCUT2D eigenvalue weighted by molar-refractivity contribution is -0.137. The van der Waals surface area contributed by atoms with Crippen molar-refractivity contribution in [3.63, 3.8) is 0 Å². The smallest absolute Gasteiger partial charge is 0.491 e. The Morgan fingerprint density at radius 3 is 1.96 bits per heavy atom. The van der Waals surface area contributed by atoms with Crippen molar-refractivity contribution < 1.29 is 48.4 Å². The van der Waals surface area contributed by atoms with Gasteiger partial charge in [0.05, 0.1) is 38.8 Å². The number of benzene rings is 3. The van der Waals surface area contributed by atoms with Crippen LogP contribution in [0.4, 0.5) is 0 Å². The van der Waals surface area contributed by atoms with E-state index in [1.807, 2.05) is 0 Å². The zero-order chi connectivity index (χ0) is 32.2. The molecule has 0 saturated heterocycles. The number of carboxylic acids is 1. The van der Waals surface area contributed by atoms with E-state index in [0.29, 0.717) is 27.8 Å². The molecule has 3 aromatic rings. The summed E-state index contributed by atoms with van der Waals surface area (Å²) in [5, 5.41) is 37.9. The number of fused-ring (bicyclic) bond motifs is 2. The summed E-state index contributed by atoms with van der Waals surface area (Å²) in [6, 6.07) is 12.5. The number of carboxylic acid groups (broad SMARTS) is 1. The number of hydrogen-bond donors (Lipinski definition) is 6. The number of para-hydroxylation sites is 1. The zero-order valence-corrected chi connectivity index (χ0v) is 24.5. The Bertz CT molecular complexity index is 1640. The lowest BCUT2D eigenvalue weighted by Crippen LogP contribution is -2.58. The number of methoxy groups -OCH3 is 1. The van der Waals surface area contributed by atoms with Gasteiger partial charge in [0.1, 0.15) is 11.8 Å². The van der Waals surface area contributed by atoms with Crippen molar-refractivity contribution in [1.82, 2.24) is 16.0 Å². The van der Waals surface area contributed by atoms with Crippen LogP contribution in [0.15, 0.2) is 60.7 Å². The summed E-state index contributed by atoms with van der Waals surface area (Å²) in [4.78, 5) is 52.3. The Balaban J connectivity index is 1.41. The van der Waals surface area contributed by atoms with Crippen LogP contribution in [0.5, 0.6) is 5.75 Å². The van der Waals surface area contributed by atoms with Crippen LogP contribution < -0.4 is 31.6 Å². The molecule has 15 heteroatoms. The molecule has 2 aliphatic rings. The maximum atomic E-state index is 13.8. The molecule has 6 N–H and O–H groups in total. The second kappa shape index (κ2) is 13.5. The SMILES string of the molecule is COc1ccccc1C(CC(=O)O)NC(=O)[C@@H](NC(=O)c1ccc2c(c1)B(O)OC2)[C@H](C)NC(=O)c1ccc2c(c1)B(O)OC2. The number of carbonyl (C=O) groups excluding carboxylic acids is 3. The number of rotatable bonds is 11. The van der Waals surface area contributed by atoms with Gasteiger partial charge in [-0.25, -0.2) is 0 Å². The van der Waals surface area contributed by atoms with Crippen molar-refractivity contribution in [2.75, 3.05) is 7.11 Å². The Labute approximate surface area is 259 Å². The molecule has 13 nitrogen and oxygen atoms in total. The molecule has 3 aromatic carbocycles. The van der Waals surface area contributed by atoms with E-state index >= 15 is 0 Å². The molecule has 0 bridgehead atoms. The van der Waals surface area contributed by atoms with Gasteiger partial charge in [-0.15, -0.1) is 0 Å². The standard InChI is InChI=1S/C30H31B2N3O10/c1-16(33-28(38)17-7-9-19-14-44-31(41)22(19)11-17)27(35-29(39)18-8-10-20-15-45-32(42)23(20)12-18)30(40)34-24(13-26(36)37)21-5-3-4-6-25(21)43-2/h3-12,16,24,27,41-42H,13-15H2,1-2H3,(H,33,38)(H,34,40)(H,35,39)(H,36,37)/t16-,24?,27-/m0/s1. The van der Waals surface area contributed by atoms with Crippen molar-refractivity contribution in [1.29, 1.82) is 0 Å². The molecular formula is C30H31B2N3O10. The Hall–Kier alpha value is -4.69. The lowest BCUT2D eigenvalue weighted by atomic mass is 9.78. The highest BCUT2D eigenvalue weighted by atomic mass is 16.5. The van der Waals surface area contributed by atoms with Crippen LogP contribution in [0.3, 0.4) is 0 Å². The van der Waals surface area contributed by atoms with Crippen molar-refractivity contribution >= 4 is 48.9 Å². The molecule has 0 aromatic heterocycles. The first-order valence-electron chi connectivity index (χ1n) is 14.2. The van der Waals surface area contributed by atoms with E-state index in [9.17, 15) is 34.3 Å². The molecule has 3 atom stereocenters. The quantitative estimate of drug-likeness (QED) is 0.152. The Morgan fingerprint density at radius 1 is 0.844 bits per heavy atom. The van der Waals surface area contributed by atoms with Gasteiger partial charge in [-0.3, -0.25) is 19.2 Å². The first-order valence-corrected chi connectivity index (χ1v) is 14.2. The fourth-order valence-electron chi connectivity index (χ4n) is 5.36. The monoisotopic (exact) mass is 615 g/mol. The van der Waals surface area contributed by atoms with Gasteiger partial charge in [0.2, 0.25) is 5.91 Å². The summed E-state index contributed by atoms with van der Waals surface area (Å²) in [6.07, 6.45) is -0.490. The normalized spacial score (nSPS) is 15.4. The Kier molecular flexibility index (Phi) is 9.54. The van der Waals surface area contributed by atoms with Gasteiger partial charge in [0, 0.05) is 16.7 Å². The second-order valence-corrected chi connectivity index (χ2v) is 10.8. The van der Waals surface area contributed by atoms with Crippen LogP contribution >= 0.6 is 0 Å². The lowest BCUT2D eigenvalue weighted by Gasteiger charge is -2.28. The largest absolute Gasteiger partial charge is 0.496 e. The molecule has 0 radical (unpaired) electrons. The molecule has 0 saturated carbocycles. The van der Waals surface area contributed by atoms with Crippen LogP contribution in [0, 0.1) is 0 Å². The van der Waals surface area contributed by atoms with Crippen LogP contribution in [0.2, 0.25) is 0 Å². The third-order valence-electron chi connectivity index (χ3n) is 7.78. The van der Waals surface area contributed by atoms with E-state index in [1.165, 1.54) is 32.2 Å². The van der Waals surface area contributed by atoms with Gasteiger partial charge in [0.15, 0.2) is 0 Å².